The number of nitrogens with zero attached hydrogens (tertiary/aromatic N) is 7. The minimum atomic E-state index is -4.50. The summed E-state index contributed by atoms with van der Waals surface area (Å²) in [5.74, 6) is 0.800. The molecule has 8 nitrogen and oxygen atoms in total. The fourth-order valence-electron chi connectivity index (χ4n) is 2.99. The second-order valence-electron chi connectivity index (χ2n) is 6.10. The van der Waals surface area contributed by atoms with Gasteiger partial charge in [0.1, 0.15) is 11.9 Å². The van der Waals surface area contributed by atoms with Crippen LogP contribution in [-0.4, -0.2) is 36.7 Å². The van der Waals surface area contributed by atoms with Crippen molar-refractivity contribution in [3.63, 3.8) is 0 Å². The molecule has 0 N–H and O–H groups in total. The van der Waals surface area contributed by atoms with E-state index in [1.165, 1.54) is 4.68 Å². The van der Waals surface area contributed by atoms with Crippen LogP contribution >= 0.6 is 11.6 Å². The van der Waals surface area contributed by atoms with E-state index in [-0.39, 0.29) is 22.8 Å². The number of aromatic nitrogens is 6. The Labute approximate surface area is 156 Å². The Morgan fingerprint density at radius 2 is 2.07 bits per heavy atom. The molecule has 4 rings (SSSR count). The van der Waals surface area contributed by atoms with Crippen molar-refractivity contribution in [3.05, 3.63) is 34.9 Å². The van der Waals surface area contributed by atoms with E-state index >= 15 is 0 Å². The van der Waals surface area contributed by atoms with Gasteiger partial charge in [-0.05, 0) is 18.9 Å². The molecule has 142 valence electrons. The van der Waals surface area contributed by atoms with Crippen molar-refractivity contribution in [3.8, 4) is 11.6 Å². The van der Waals surface area contributed by atoms with E-state index in [9.17, 15) is 13.2 Å². The molecule has 1 atom stereocenters. The van der Waals surface area contributed by atoms with E-state index in [1.54, 1.807) is 18.1 Å². The van der Waals surface area contributed by atoms with Gasteiger partial charge in [0.2, 0.25) is 5.89 Å². The lowest BCUT2D eigenvalue weighted by atomic mass is 10.2. The zero-order valence-corrected chi connectivity index (χ0v) is 14.7. The van der Waals surface area contributed by atoms with Gasteiger partial charge >= 0.3 is 6.18 Å². The third-order valence-corrected chi connectivity index (χ3v) is 4.50. The van der Waals surface area contributed by atoms with Gasteiger partial charge in [-0.15, -0.1) is 15.3 Å². The van der Waals surface area contributed by atoms with E-state index in [2.05, 4.69) is 25.5 Å². The number of aryl methyl sites for hydroxylation is 1. The van der Waals surface area contributed by atoms with E-state index in [1.807, 2.05) is 0 Å². The van der Waals surface area contributed by atoms with Gasteiger partial charge in [-0.1, -0.05) is 16.8 Å². The van der Waals surface area contributed by atoms with Crippen LogP contribution in [0, 0.1) is 0 Å². The Bertz CT molecular complexity index is 970. The fraction of sp³-hybridized carbons (Fsp3) is 0.400. The SMILES string of the molecule is Cn1cc(-c2nnc(C3CCCN3c3ncc(C(F)(F)F)cc3Cl)o2)nn1. The molecule has 1 unspecified atom stereocenters. The minimum Gasteiger partial charge on any atom is -0.417 e. The molecular weight excluding hydrogens is 387 g/mol. The van der Waals surface area contributed by atoms with Gasteiger partial charge in [-0.25, -0.2) is 4.98 Å². The van der Waals surface area contributed by atoms with E-state index in [4.69, 9.17) is 16.0 Å². The molecule has 0 saturated carbocycles. The van der Waals surface area contributed by atoms with Crippen molar-refractivity contribution >= 4 is 17.4 Å². The van der Waals surface area contributed by atoms with E-state index in [0.717, 1.165) is 18.7 Å². The molecule has 3 aromatic rings. The molecule has 1 aliphatic rings. The Balaban J connectivity index is 1.62. The number of anilines is 1. The van der Waals surface area contributed by atoms with Gasteiger partial charge in [0, 0.05) is 19.8 Å². The molecule has 4 heterocycles. The number of hydrogen-bond donors (Lipinski definition) is 0. The molecule has 0 bridgehead atoms. The summed E-state index contributed by atoms with van der Waals surface area (Å²) in [5, 5.41) is 15.7. The fourth-order valence-corrected chi connectivity index (χ4v) is 3.27. The lowest BCUT2D eigenvalue weighted by Crippen LogP contribution is -2.24. The first kappa shape index (κ1) is 17.7. The Morgan fingerprint density at radius 3 is 2.74 bits per heavy atom. The normalized spacial score (nSPS) is 17.7. The maximum atomic E-state index is 12.8. The van der Waals surface area contributed by atoms with Crippen molar-refractivity contribution in [2.45, 2.75) is 25.1 Å². The van der Waals surface area contributed by atoms with Crippen LogP contribution in [0.2, 0.25) is 5.02 Å². The van der Waals surface area contributed by atoms with Gasteiger partial charge < -0.3 is 9.32 Å². The van der Waals surface area contributed by atoms with Gasteiger partial charge in [0.15, 0.2) is 5.69 Å². The first-order valence-corrected chi connectivity index (χ1v) is 8.40. The average molecular weight is 400 g/mol. The Kier molecular flexibility index (Phi) is 4.25. The van der Waals surface area contributed by atoms with Crippen LogP contribution in [0.5, 0.6) is 0 Å². The lowest BCUT2D eigenvalue weighted by molar-refractivity contribution is -0.137. The van der Waals surface area contributed by atoms with Crippen LogP contribution in [0.4, 0.5) is 19.0 Å². The van der Waals surface area contributed by atoms with Crippen LogP contribution in [0.3, 0.4) is 0 Å². The van der Waals surface area contributed by atoms with Crippen LogP contribution in [0.25, 0.3) is 11.6 Å². The standard InChI is InChI=1S/C15H13ClF3N7O/c1-25-7-10(21-24-25)13-22-23-14(27-13)11-3-2-4-26(11)12-9(16)5-8(6-20-12)15(17,18)19/h5-7,11H,2-4H2,1H3. The molecule has 0 aromatic carbocycles. The molecule has 27 heavy (non-hydrogen) atoms. The molecule has 0 aliphatic carbocycles. The summed E-state index contributed by atoms with van der Waals surface area (Å²) in [6.45, 7) is 0.561. The molecule has 3 aromatic heterocycles. The molecule has 0 radical (unpaired) electrons. The monoisotopic (exact) mass is 399 g/mol. The number of halogens is 4. The molecule has 12 heteroatoms. The topological polar surface area (TPSA) is 85.8 Å². The van der Waals surface area contributed by atoms with Crippen molar-refractivity contribution in [2.75, 3.05) is 11.4 Å². The second-order valence-corrected chi connectivity index (χ2v) is 6.51. The van der Waals surface area contributed by atoms with E-state index < -0.39 is 11.7 Å². The highest BCUT2D eigenvalue weighted by Crippen LogP contribution is 2.40. The van der Waals surface area contributed by atoms with Crippen molar-refractivity contribution in [1.29, 1.82) is 0 Å². The number of pyridine rings is 1. The summed E-state index contributed by atoms with van der Waals surface area (Å²) >= 11 is 6.08. The first-order chi connectivity index (χ1) is 12.8. The molecule has 1 aliphatic heterocycles. The molecule has 1 saturated heterocycles. The zero-order valence-electron chi connectivity index (χ0n) is 14.0. The minimum absolute atomic E-state index is 0.0783. The van der Waals surface area contributed by atoms with Crippen molar-refractivity contribution < 1.29 is 17.6 Å². The summed E-state index contributed by atoms with van der Waals surface area (Å²) in [4.78, 5) is 5.70. The predicted molar refractivity (Wildman–Crippen MR) is 87.9 cm³/mol. The average Bonchev–Trinajstić information content (AvgIpc) is 3.33. The third kappa shape index (κ3) is 3.34. The first-order valence-electron chi connectivity index (χ1n) is 8.02. The number of alkyl halides is 3. The highest BCUT2D eigenvalue weighted by molar-refractivity contribution is 6.33. The van der Waals surface area contributed by atoms with Gasteiger partial charge in [-0.3, -0.25) is 4.68 Å². The van der Waals surface area contributed by atoms with Gasteiger partial charge in [-0.2, -0.15) is 13.2 Å². The van der Waals surface area contributed by atoms with Crippen LogP contribution in [0.15, 0.2) is 22.9 Å². The number of rotatable bonds is 3. The Hall–Kier alpha value is -2.69. The molecule has 1 fully saturated rings. The summed E-state index contributed by atoms with van der Waals surface area (Å²) in [7, 11) is 1.71. The van der Waals surface area contributed by atoms with Crippen molar-refractivity contribution in [1.82, 2.24) is 30.2 Å². The second kappa shape index (κ2) is 6.48. The highest BCUT2D eigenvalue weighted by atomic mass is 35.5. The smallest absolute Gasteiger partial charge is 0.417 e. The molecule has 0 spiro atoms. The highest BCUT2D eigenvalue weighted by Gasteiger charge is 2.35. The van der Waals surface area contributed by atoms with Gasteiger partial charge in [0.05, 0.1) is 16.8 Å². The quantitative estimate of drug-likeness (QED) is 0.668. The lowest BCUT2D eigenvalue weighted by Gasteiger charge is -2.24. The van der Waals surface area contributed by atoms with Crippen molar-refractivity contribution in [2.24, 2.45) is 7.05 Å². The molecular formula is C15H13ClF3N7O. The van der Waals surface area contributed by atoms with Crippen LogP contribution < -0.4 is 4.90 Å². The summed E-state index contributed by atoms with van der Waals surface area (Å²) < 4.78 is 45.7. The summed E-state index contributed by atoms with van der Waals surface area (Å²) in [5.41, 5.74) is -0.457. The number of hydrogen-bond acceptors (Lipinski definition) is 7. The largest absolute Gasteiger partial charge is 0.417 e. The maximum Gasteiger partial charge on any atom is 0.417 e. The van der Waals surface area contributed by atoms with Gasteiger partial charge in [0.25, 0.3) is 5.89 Å². The predicted octanol–water partition coefficient (Wildman–Crippen LogP) is 3.27. The Morgan fingerprint density at radius 1 is 1.26 bits per heavy atom. The van der Waals surface area contributed by atoms with E-state index in [0.29, 0.717) is 24.6 Å². The summed E-state index contributed by atoms with van der Waals surface area (Å²) in [6.07, 6.45) is -0.626. The molecule has 0 amide bonds. The zero-order chi connectivity index (χ0) is 19.2. The van der Waals surface area contributed by atoms with Crippen LogP contribution in [-0.2, 0) is 13.2 Å². The third-order valence-electron chi connectivity index (χ3n) is 4.22. The summed E-state index contributed by atoms with van der Waals surface area (Å²) in [6, 6.07) is 0.544. The van der Waals surface area contributed by atoms with Crippen LogP contribution in [0.1, 0.15) is 30.3 Å². The maximum absolute atomic E-state index is 12.8.